The molecule has 0 aliphatic heterocycles. The quantitative estimate of drug-likeness (QED) is 0.631. The van der Waals surface area contributed by atoms with Crippen molar-refractivity contribution in [3.8, 4) is 0 Å². The standard InChI is InChI=1S/C13H17Cl3/c1-9(14)7-13(2,3)8-10-4-5-11(15)12(16)6-10/h4-6,9H,7-8H2,1-3H3. The summed E-state index contributed by atoms with van der Waals surface area (Å²) in [5.74, 6) is 0. The van der Waals surface area contributed by atoms with Crippen molar-refractivity contribution in [2.45, 2.75) is 39.0 Å². The van der Waals surface area contributed by atoms with Crippen LogP contribution >= 0.6 is 34.8 Å². The predicted octanol–water partition coefficient (Wildman–Crippen LogP) is 5.58. The first-order valence-electron chi connectivity index (χ1n) is 5.38. The molecule has 1 unspecified atom stereocenters. The summed E-state index contributed by atoms with van der Waals surface area (Å²) in [5, 5.41) is 1.42. The van der Waals surface area contributed by atoms with Crippen molar-refractivity contribution in [1.29, 1.82) is 0 Å². The van der Waals surface area contributed by atoms with Crippen LogP contribution in [0.3, 0.4) is 0 Å². The monoisotopic (exact) mass is 278 g/mol. The van der Waals surface area contributed by atoms with Gasteiger partial charge in [-0.3, -0.25) is 0 Å². The molecule has 1 aromatic carbocycles. The van der Waals surface area contributed by atoms with Crippen LogP contribution in [0, 0.1) is 5.41 Å². The van der Waals surface area contributed by atoms with Crippen molar-refractivity contribution in [1.82, 2.24) is 0 Å². The normalized spacial score (nSPS) is 13.9. The highest BCUT2D eigenvalue weighted by Gasteiger charge is 2.21. The van der Waals surface area contributed by atoms with Crippen molar-refractivity contribution >= 4 is 34.8 Å². The van der Waals surface area contributed by atoms with Gasteiger partial charge >= 0.3 is 0 Å². The van der Waals surface area contributed by atoms with Crippen LogP contribution in [0.25, 0.3) is 0 Å². The summed E-state index contributed by atoms with van der Waals surface area (Å²) in [7, 11) is 0. The molecular weight excluding hydrogens is 263 g/mol. The number of alkyl halides is 1. The number of benzene rings is 1. The van der Waals surface area contributed by atoms with Gasteiger partial charge in [0.25, 0.3) is 0 Å². The van der Waals surface area contributed by atoms with Gasteiger partial charge < -0.3 is 0 Å². The fourth-order valence-corrected chi connectivity index (χ4v) is 2.77. The summed E-state index contributed by atoms with van der Waals surface area (Å²) in [6.45, 7) is 6.46. The lowest BCUT2D eigenvalue weighted by molar-refractivity contribution is 0.331. The van der Waals surface area contributed by atoms with Gasteiger partial charge in [-0.25, -0.2) is 0 Å². The molecule has 0 aromatic heterocycles. The molecule has 0 aliphatic carbocycles. The average Bonchev–Trinajstić information content (AvgIpc) is 2.08. The van der Waals surface area contributed by atoms with Crippen LogP contribution in [0.2, 0.25) is 10.0 Å². The molecule has 16 heavy (non-hydrogen) atoms. The molecule has 1 rings (SSSR count). The summed E-state index contributed by atoms with van der Waals surface area (Å²) in [5.41, 5.74) is 1.38. The molecule has 0 spiro atoms. The molecule has 1 atom stereocenters. The molecule has 0 bridgehead atoms. The second-order valence-electron chi connectivity index (χ2n) is 5.07. The van der Waals surface area contributed by atoms with Gasteiger partial charge in [0.15, 0.2) is 0 Å². The third kappa shape index (κ3) is 4.53. The van der Waals surface area contributed by atoms with Crippen LogP contribution in [0.5, 0.6) is 0 Å². The maximum atomic E-state index is 6.04. The van der Waals surface area contributed by atoms with Crippen LogP contribution in [-0.2, 0) is 6.42 Å². The van der Waals surface area contributed by atoms with Crippen molar-refractivity contribution < 1.29 is 0 Å². The van der Waals surface area contributed by atoms with Crippen LogP contribution in [0.4, 0.5) is 0 Å². The molecule has 90 valence electrons. The Bertz CT molecular complexity index is 356. The first kappa shape index (κ1) is 14.2. The highest BCUT2D eigenvalue weighted by molar-refractivity contribution is 6.42. The summed E-state index contributed by atoms with van der Waals surface area (Å²) >= 11 is 17.9. The second-order valence-corrected chi connectivity index (χ2v) is 6.63. The third-order valence-corrected chi connectivity index (χ3v) is 3.39. The Labute approximate surface area is 113 Å². The molecule has 1 aromatic rings. The molecule has 0 saturated heterocycles. The minimum absolute atomic E-state index is 0.179. The van der Waals surface area contributed by atoms with Crippen LogP contribution in [-0.4, -0.2) is 5.38 Å². The minimum atomic E-state index is 0.179. The van der Waals surface area contributed by atoms with E-state index in [0.29, 0.717) is 10.0 Å². The minimum Gasteiger partial charge on any atom is -0.123 e. The van der Waals surface area contributed by atoms with E-state index in [0.717, 1.165) is 12.8 Å². The maximum Gasteiger partial charge on any atom is 0.0595 e. The van der Waals surface area contributed by atoms with Gasteiger partial charge in [-0.1, -0.05) is 43.1 Å². The molecule has 3 heteroatoms. The first-order chi connectivity index (χ1) is 7.30. The van der Waals surface area contributed by atoms with Crippen molar-refractivity contribution in [2.75, 3.05) is 0 Å². The van der Waals surface area contributed by atoms with Gasteiger partial charge in [0.2, 0.25) is 0 Å². The van der Waals surface area contributed by atoms with Gasteiger partial charge in [-0.15, -0.1) is 11.6 Å². The van der Waals surface area contributed by atoms with Crippen molar-refractivity contribution in [3.05, 3.63) is 33.8 Å². The highest BCUT2D eigenvalue weighted by Crippen LogP contribution is 2.31. The molecule has 0 nitrogen and oxygen atoms in total. The lowest BCUT2D eigenvalue weighted by atomic mass is 9.82. The molecule has 0 aliphatic rings. The molecule has 0 amide bonds. The lowest BCUT2D eigenvalue weighted by Crippen LogP contribution is -2.18. The van der Waals surface area contributed by atoms with Crippen LogP contribution in [0.15, 0.2) is 18.2 Å². The molecule has 0 N–H and O–H groups in total. The van der Waals surface area contributed by atoms with E-state index in [4.69, 9.17) is 34.8 Å². The van der Waals surface area contributed by atoms with E-state index in [1.54, 1.807) is 0 Å². The highest BCUT2D eigenvalue weighted by atomic mass is 35.5. The van der Waals surface area contributed by atoms with E-state index in [2.05, 4.69) is 13.8 Å². The largest absolute Gasteiger partial charge is 0.123 e. The Morgan fingerprint density at radius 3 is 2.31 bits per heavy atom. The second kappa shape index (κ2) is 5.62. The zero-order valence-corrected chi connectivity index (χ0v) is 12.1. The van der Waals surface area contributed by atoms with Crippen LogP contribution in [0.1, 0.15) is 32.8 Å². The van der Waals surface area contributed by atoms with E-state index in [-0.39, 0.29) is 10.8 Å². The lowest BCUT2D eigenvalue weighted by Gasteiger charge is -2.26. The third-order valence-electron chi connectivity index (χ3n) is 2.50. The Morgan fingerprint density at radius 2 is 1.81 bits per heavy atom. The molecule has 0 saturated carbocycles. The van der Waals surface area contributed by atoms with Gasteiger partial charge in [-0.2, -0.15) is 0 Å². The zero-order valence-electron chi connectivity index (χ0n) is 9.86. The van der Waals surface area contributed by atoms with E-state index in [1.165, 1.54) is 5.56 Å². The fourth-order valence-electron chi connectivity index (χ4n) is 2.04. The van der Waals surface area contributed by atoms with Gasteiger partial charge in [0.1, 0.15) is 0 Å². The number of halogens is 3. The molecule has 0 radical (unpaired) electrons. The van der Waals surface area contributed by atoms with E-state index >= 15 is 0 Å². The van der Waals surface area contributed by atoms with Gasteiger partial charge in [0, 0.05) is 5.38 Å². The summed E-state index contributed by atoms with van der Waals surface area (Å²) < 4.78 is 0. The summed E-state index contributed by atoms with van der Waals surface area (Å²) in [6, 6.07) is 5.80. The van der Waals surface area contributed by atoms with Gasteiger partial charge in [-0.05, 0) is 42.9 Å². The van der Waals surface area contributed by atoms with E-state index in [1.807, 2.05) is 25.1 Å². The Balaban J connectivity index is 2.76. The Hall–Kier alpha value is 0.0900. The number of rotatable bonds is 4. The topological polar surface area (TPSA) is 0 Å². The van der Waals surface area contributed by atoms with E-state index < -0.39 is 0 Å². The maximum absolute atomic E-state index is 6.04. The SMILES string of the molecule is CC(Cl)CC(C)(C)Cc1ccc(Cl)c(Cl)c1. The van der Waals surface area contributed by atoms with E-state index in [9.17, 15) is 0 Å². The predicted molar refractivity (Wildman–Crippen MR) is 73.9 cm³/mol. The molecule has 0 fully saturated rings. The summed E-state index contributed by atoms with van der Waals surface area (Å²) in [6.07, 6.45) is 1.94. The number of hydrogen-bond acceptors (Lipinski definition) is 0. The van der Waals surface area contributed by atoms with Gasteiger partial charge in [0.05, 0.1) is 10.0 Å². The van der Waals surface area contributed by atoms with Crippen LogP contribution < -0.4 is 0 Å². The molecular formula is C13H17Cl3. The number of hydrogen-bond donors (Lipinski definition) is 0. The fraction of sp³-hybridized carbons (Fsp3) is 0.538. The van der Waals surface area contributed by atoms with Crippen molar-refractivity contribution in [3.63, 3.8) is 0 Å². The zero-order chi connectivity index (χ0) is 12.3. The Morgan fingerprint density at radius 1 is 1.19 bits per heavy atom. The smallest absolute Gasteiger partial charge is 0.0595 e. The molecule has 0 heterocycles. The first-order valence-corrected chi connectivity index (χ1v) is 6.57. The Kier molecular flexibility index (Phi) is 4.97. The van der Waals surface area contributed by atoms with Crippen molar-refractivity contribution in [2.24, 2.45) is 5.41 Å². The summed E-state index contributed by atoms with van der Waals surface area (Å²) in [4.78, 5) is 0. The average molecular weight is 280 g/mol.